The fourth-order valence-electron chi connectivity index (χ4n) is 0.885. The normalized spacial score (nSPS) is 17.6. The smallest absolute Gasteiger partial charge is 0.338 e. The van der Waals surface area contributed by atoms with Crippen LogP contribution in [0, 0.1) is 0 Å². The van der Waals surface area contributed by atoms with Gasteiger partial charge in [-0.3, -0.25) is 0 Å². The van der Waals surface area contributed by atoms with Crippen LogP contribution >= 0.6 is 0 Å². The zero-order valence-corrected chi connectivity index (χ0v) is 8.76. The molecule has 0 saturated carbocycles. The maximum absolute atomic E-state index is 11.0. The van der Waals surface area contributed by atoms with Gasteiger partial charge in [0.25, 0.3) is 0 Å². The second-order valence-corrected chi connectivity index (χ2v) is 3.13. The van der Waals surface area contributed by atoms with Crippen LogP contribution in [0.1, 0.15) is 0 Å². The van der Waals surface area contributed by atoms with Crippen LogP contribution < -0.4 is 0 Å². The van der Waals surface area contributed by atoms with Crippen LogP contribution in [0.25, 0.3) is 0 Å². The van der Waals surface area contributed by atoms with Crippen molar-refractivity contribution in [2.75, 3.05) is 6.61 Å². The van der Waals surface area contributed by atoms with Crippen molar-refractivity contribution in [3.05, 3.63) is 12.7 Å². The van der Waals surface area contributed by atoms with Crippen molar-refractivity contribution in [1.29, 1.82) is 0 Å². The third kappa shape index (κ3) is 4.49. The summed E-state index contributed by atoms with van der Waals surface area (Å²) in [6, 6.07) is 0. The van der Waals surface area contributed by atoms with E-state index in [0.29, 0.717) is 0 Å². The largest absolute Gasteiger partial charge is 0.479 e. The highest BCUT2D eigenvalue weighted by Gasteiger charge is 2.38. The predicted molar refractivity (Wildman–Crippen MR) is 52.8 cm³/mol. The van der Waals surface area contributed by atoms with E-state index >= 15 is 0 Å². The first-order chi connectivity index (χ1) is 7.82. The van der Waals surface area contributed by atoms with Crippen LogP contribution in [-0.4, -0.2) is 68.5 Å². The monoisotopic (exact) mass is 250 g/mol. The molecule has 5 N–H and O–H groups in total. The molecule has 0 saturated heterocycles. The van der Waals surface area contributed by atoms with E-state index in [9.17, 15) is 19.8 Å². The van der Waals surface area contributed by atoms with Crippen molar-refractivity contribution >= 4 is 11.9 Å². The second-order valence-electron chi connectivity index (χ2n) is 3.13. The molecule has 0 bridgehead atoms. The Hall–Kier alpha value is -1.48. The van der Waals surface area contributed by atoms with Gasteiger partial charge in [0, 0.05) is 0 Å². The minimum absolute atomic E-state index is 0.222. The van der Waals surface area contributed by atoms with E-state index in [1.165, 1.54) is 6.08 Å². The number of hydrogen-bond donors (Lipinski definition) is 5. The maximum Gasteiger partial charge on any atom is 0.338 e. The molecule has 8 nitrogen and oxygen atoms in total. The number of carboxylic acid groups (broad SMARTS) is 1. The van der Waals surface area contributed by atoms with Gasteiger partial charge in [0.2, 0.25) is 0 Å². The van der Waals surface area contributed by atoms with Gasteiger partial charge in [-0.1, -0.05) is 12.7 Å². The molecular weight excluding hydrogens is 236 g/mol. The van der Waals surface area contributed by atoms with Gasteiger partial charge in [-0.25, -0.2) is 9.59 Å². The standard InChI is InChI=1S/C9H14O8/c1-2-3-17-9(16)7(13)5(11)4(10)6(12)8(14)15/h2,4-7,10-13H,1,3H2,(H,14,15). The highest BCUT2D eigenvalue weighted by atomic mass is 16.5. The van der Waals surface area contributed by atoms with Gasteiger partial charge in [0.1, 0.15) is 18.8 Å². The number of aliphatic hydroxyl groups is 4. The molecule has 0 spiro atoms. The predicted octanol–water partition coefficient (Wildman–Crippen LogP) is -2.76. The van der Waals surface area contributed by atoms with Crippen LogP contribution in [0.2, 0.25) is 0 Å². The molecule has 0 aliphatic heterocycles. The molecule has 0 aliphatic rings. The minimum atomic E-state index is -2.33. The summed E-state index contributed by atoms with van der Waals surface area (Å²) in [7, 11) is 0. The van der Waals surface area contributed by atoms with Crippen molar-refractivity contribution in [1.82, 2.24) is 0 Å². The van der Waals surface area contributed by atoms with Crippen molar-refractivity contribution in [2.24, 2.45) is 0 Å². The van der Waals surface area contributed by atoms with Crippen molar-refractivity contribution < 1.29 is 39.9 Å². The molecule has 4 atom stereocenters. The number of rotatable bonds is 7. The number of ether oxygens (including phenoxy) is 1. The molecular formula is C9H14O8. The number of hydrogen-bond acceptors (Lipinski definition) is 7. The summed E-state index contributed by atoms with van der Waals surface area (Å²) in [4.78, 5) is 21.3. The molecule has 0 aromatic rings. The van der Waals surface area contributed by atoms with Crippen LogP contribution in [0.4, 0.5) is 0 Å². The molecule has 0 amide bonds. The first kappa shape index (κ1) is 15.5. The Balaban J connectivity index is 4.47. The molecule has 4 unspecified atom stereocenters. The summed E-state index contributed by atoms with van der Waals surface area (Å²) in [6.07, 6.45) is -7.69. The average molecular weight is 250 g/mol. The number of esters is 1. The minimum Gasteiger partial charge on any atom is -0.479 e. The Kier molecular flexibility index (Phi) is 6.36. The molecule has 0 radical (unpaired) electrons. The zero-order valence-electron chi connectivity index (χ0n) is 8.76. The van der Waals surface area contributed by atoms with Gasteiger partial charge >= 0.3 is 11.9 Å². The average Bonchev–Trinajstić information content (AvgIpc) is 2.31. The highest BCUT2D eigenvalue weighted by molar-refractivity contribution is 5.76. The van der Waals surface area contributed by atoms with E-state index in [1.807, 2.05) is 0 Å². The van der Waals surface area contributed by atoms with Crippen LogP contribution in [0.15, 0.2) is 12.7 Å². The van der Waals surface area contributed by atoms with Crippen molar-refractivity contribution in [2.45, 2.75) is 24.4 Å². The Morgan fingerprint density at radius 3 is 2.00 bits per heavy atom. The quantitative estimate of drug-likeness (QED) is 0.241. The highest BCUT2D eigenvalue weighted by Crippen LogP contribution is 2.07. The summed E-state index contributed by atoms with van der Waals surface area (Å²) in [5.74, 6) is -3.07. The molecule has 0 rings (SSSR count). The molecule has 8 heteroatoms. The molecule has 0 aromatic carbocycles. The molecule has 0 aliphatic carbocycles. The fourth-order valence-corrected chi connectivity index (χ4v) is 0.885. The Morgan fingerprint density at radius 1 is 1.12 bits per heavy atom. The van der Waals surface area contributed by atoms with Gasteiger partial charge in [-0.15, -0.1) is 0 Å². The van der Waals surface area contributed by atoms with Crippen LogP contribution in [0.3, 0.4) is 0 Å². The number of carboxylic acids is 1. The Bertz CT molecular complexity index is 289. The van der Waals surface area contributed by atoms with Crippen LogP contribution in [-0.2, 0) is 14.3 Å². The van der Waals surface area contributed by atoms with E-state index in [-0.39, 0.29) is 6.61 Å². The molecule has 0 heterocycles. The van der Waals surface area contributed by atoms with Gasteiger partial charge < -0.3 is 30.3 Å². The third-order valence-electron chi connectivity index (χ3n) is 1.83. The molecule has 98 valence electrons. The van der Waals surface area contributed by atoms with E-state index in [4.69, 9.17) is 15.3 Å². The lowest BCUT2D eigenvalue weighted by atomic mass is 10.0. The first-order valence-corrected chi connectivity index (χ1v) is 4.55. The second kappa shape index (κ2) is 6.97. The Morgan fingerprint density at radius 2 is 1.59 bits per heavy atom. The zero-order chi connectivity index (χ0) is 13.6. The number of aliphatic carboxylic acids is 1. The first-order valence-electron chi connectivity index (χ1n) is 4.55. The fraction of sp³-hybridized carbons (Fsp3) is 0.556. The van der Waals surface area contributed by atoms with Gasteiger partial charge in [-0.05, 0) is 0 Å². The lowest BCUT2D eigenvalue weighted by Gasteiger charge is -2.23. The lowest BCUT2D eigenvalue weighted by Crippen LogP contribution is -2.50. The SMILES string of the molecule is C=CCOC(=O)C(O)C(O)C(O)C(O)C(=O)O. The summed E-state index contributed by atoms with van der Waals surface area (Å²) in [5, 5.41) is 44.8. The summed E-state index contributed by atoms with van der Waals surface area (Å²) in [5.41, 5.74) is 0. The van der Waals surface area contributed by atoms with Crippen molar-refractivity contribution in [3.63, 3.8) is 0 Å². The van der Waals surface area contributed by atoms with E-state index < -0.39 is 36.4 Å². The lowest BCUT2D eigenvalue weighted by molar-refractivity contribution is -0.175. The number of carbonyl (C=O) groups is 2. The summed E-state index contributed by atoms with van der Waals surface area (Å²) >= 11 is 0. The van der Waals surface area contributed by atoms with Crippen molar-refractivity contribution in [3.8, 4) is 0 Å². The van der Waals surface area contributed by atoms with E-state index in [1.54, 1.807) is 0 Å². The van der Waals surface area contributed by atoms with E-state index in [2.05, 4.69) is 11.3 Å². The maximum atomic E-state index is 11.0. The van der Waals surface area contributed by atoms with E-state index in [0.717, 1.165) is 0 Å². The van der Waals surface area contributed by atoms with Crippen LogP contribution in [0.5, 0.6) is 0 Å². The summed E-state index contributed by atoms with van der Waals surface area (Å²) < 4.78 is 4.36. The van der Waals surface area contributed by atoms with Gasteiger partial charge in [-0.2, -0.15) is 0 Å². The molecule has 17 heavy (non-hydrogen) atoms. The van der Waals surface area contributed by atoms with Gasteiger partial charge in [0.05, 0.1) is 0 Å². The third-order valence-corrected chi connectivity index (χ3v) is 1.83. The number of carbonyl (C=O) groups excluding carboxylic acids is 1. The summed E-state index contributed by atoms with van der Waals surface area (Å²) in [6.45, 7) is 3.01. The number of aliphatic hydroxyl groups excluding tert-OH is 4. The Labute approximate surface area is 96.4 Å². The molecule has 0 fully saturated rings. The topological polar surface area (TPSA) is 145 Å². The molecule has 0 aromatic heterocycles. The van der Waals surface area contributed by atoms with Gasteiger partial charge in [0.15, 0.2) is 12.2 Å².